The van der Waals surface area contributed by atoms with Gasteiger partial charge < -0.3 is 15.3 Å². The first-order valence-electron chi connectivity index (χ1n) is 7.01. The number of hydrogen-bond acceptors (Lipinski definition) is 5. The fourth-order valence-electron chi connectivity index (χ4n) is 2.63. The van der Waals surface area contributed by atoms with Crippen molar-refractivity contribution in [3.8, 4) is 0 Å². The van der Waals surface area contributed by atoms with E-state index in [0.29, 0.717) is 12.5 Å². The number of aliphatic hydroxyl groups excluding tert-OH is 1. The van der Waals surface area contributed by atoms with E-state index in [9.17, 15) is 9.90 Å². The highest BCUT2D eigenvalue weighted by Gasteiger charge is 2.33. The number of amides is 1. The van der Waals surface area contributed by atoms with Gasteiger partial charge in [-0.2, -0.15) is 0 Å². The van der Waals surface area contributed by atoms with Gasteiger partial charge in [0, 0.05) is 31.4 Å². The maximum atomic E-state index is 12.0. The van der Waals surface area contributed by atoms with Crippen molar-refractivity contribution in [2.24, 2.45) is 5.41 Å². The summed E-state index contributed by atoms with van der Waals surface area (Å²) in [5, 5.41) is 12.4. The third kappa shape index (κ3) is 3.66. The molecule has 0 bridgehead atoms. The number of aromatic nitrogens is 2. The Kier molecular flexibility index (Phi) is 4.89. The van der Waals surface area contributed by atoms with Gasteiger partial charge in [-0.15, -0.1) is 0 Å². The number of nitrogens with one attached hydrogen (secondary N) is 1. The molecule has 2 rings (SSSR count). The molecule has 1 saturated carbocycles. The topological polar surface area (TPSA) is 78.4 Å². The minimum atomic E-state index is -0.114. The summed E-state index contributed by atoms with van der Waals surface area (Å²) in [4.78, 5) is 21.8. The van der Waals surface area contributed by atoms with Crippen molar-refractivity contribution < 1.29 is 9.90 Å². The average Bonchev–Trinajstić information content (AvgIpc) is 2.95. The Morgan fingerprint density at radius 1 is 1.40 bits per heavy atom. The van der Waals surface area contributed by atoms with Crippen LogP contribution >= 0.6 is 0 Å². The quantitative estimate of drug-likeness (QED) is 0.796. The van der Waals surface area contributed by atoms with Crippen LogP contribution in [-0.2, 0) is 4.79 Å². The second kappa shape index (κ2) is 6.65. The van der Waals surface area contributed by atoms with Crippen LogP contribution in [0.25, 0.3) is 0 Å². The van der Waals surface area contributed by atoms with E-state index in [-0.39, 0.29) is 24.5 Å². The molecular formula is C14H22N4O2. The molecule has 0 spiro atoms. The molecule has 0 atom stereocenters. The Bertz CT molecular complexity index is 432. The zero-order valence-corrected chi connectivity index (χ0v) is 11.9. The summed E-state index contributed by atoms with van der Waals surface area (Å²) < 4.78 is 0. The lowest BCUT2D eigenvalue weighted by atomic mass is 9.87. The predicted molar refractivity (Wildman–Crippen MR) is 76.3 cm³/mol. The van der Waals surface area contributed by atoms with Crippen molar-refractivity contribution >= 4 is 11.9 Å². The SMILES string of the molecule is CN(CC(=O)NCC1(CO)CCCC1)c1ncccn1. The van der Waals surface area contributed by atoms with Gasteiger partial charge in [0.25, 0.3) is 0 Å². The highest BCUT2D eigenvalue weighted by molar-refractivity contribution is 5.80. The van der Waals surface area contributed by atoms with Crippen LogP contribution in [0.5, 0.6) is 0 Å². The van der Waals surface area contributed by atoms with E-state index >= 15 is 0 Å². The number of carbonyl (C=O) groups excluding carboxylic acids is 1. The lowest BCUT2D eigenvalue weighted by Crippen LogP contribution is -2.42. The van der Waals surface area contributed by atoms with E-state index in [4.69, 9.17) is 0 Å². The molecule has 110 valence electrons. The molecule has 1 amide bonds. The highest BCUT2D eigenvalue weighted by Crippen LogP contribution is 2.36. The summed E-state index contributed by atoms with van der Waals surface area (Å²) in [5.41, 5.74) is -0.114. The molecule has 1 fully saturated rings. The zero-order chi connectivity index (χ0) is 14.4. The van der Waals surface area contributed by atoms with E-state index in [0.717, 1.165) is 25.7 Å². The number of carbonyl (C=O) groups is 1. The van der Waals surface area contributed by atoms with Crippen LogP contribution < -0.4 is 10.2 Å². The summed E-state index contributed by atoms with van der Waals surface area (Å²) in [7, 11) is 1.78. The standard InChI is InChI=1S/C14H22N4O2/c1-18(13-15-7-4-8-16-13)9-12(20)17-10-14(11-19)5-2-3-6-14/h4,7-8,19H,2-3,5-6,9-11H2,1H3,(H,17,20). The Hall–Kier alpha value is -1.69. The molecule has 1 aliphatic carbocycles. The Balaban J connectivity index is 1.81. The van der Waals surface area contributed by atoms with Crippen LogP contribution in [0, 0.1) is 5.41 Å². The first-order valence-corrected chi connectivity index (χ1v) is 7.01. The van der Waals surface area contributed by atoms with E-state index < -0.39 is 0 Å². The smallest absolute Gasteiger partial charge is 0.239 e. The molecule has 6 heteroatoms. The highest BCUT2D eigenvalue weighted by atomic mass is 16.3. The van der Waals surface area contributed by atoms with Crippen LogP contribution in [0.15, 0.2) is 18.5 Å². The van der Waals surface area contributed by atoms with Gasteiger partial charge in [0.15, 0.2) is 0 Å². The fourth-order valence-corrected chi connectivity index (χ4v) is 2.63. The van der Waals surface area contributed by atoms with Gasteiger partial charge in [-0.3, -0.25) is 4.79 Å². The van der Waals surface area contributed by atoms with E-state index in [1.807, 2.05) is 0 Å². The third-order valence-corrected chi connectivity index (χ3v) is 3.93. The van der Waals surface area contributed by atoms with Crippen LogP contribution in [0.3, 0.4) is 0 Å². The van der Waals surface area contributed by atoms with Gasteiger partial charge in [-0.1, -0.05) is 12.8 Å². The molecule has 1 aromatic rings. The number of aliphatic hydroxyl groups is 1. The third-order valence-electron chi connectivity index (χ3n) is 3.93. The number of hydrogen-bond donors (Lipinski definition) is 2. The van der Waals surface area contributed by atoms with Crippen molar-refractivity contribution in [1.29, 1.82) is 0 Å². The number of likely N-dealkylation sites (N-methyl/N-ethyl adjacent to an activating group) is 1. The first kappa shape index (κ1) is 14.7. The lowest BCUT2D eigenvalue weighted by Gasteiger charge is -2.27. The molecule has 1 aromatic heterocycles. The fraction of sp³-hybridized carbons (Fsp3) is 0.643. The minimum absolute atomic E-state index is 0.0697. The normalized spacial score (nSPS) is 16.9. The van der Waals surface area contributed by atoms with E-state index in [1.54, 1.807) is 30.4 Å². The first-order chi connectivity index (χ1) is 9.65. The maximum Gasteiger partial charge on any atom is 0.239 e. The van der Waals surface area contributed by atoms with Gasteiger partial charge in [-0.25, -0.2) is 9.97 Å². The molecule has 0 aliphatic heterocycles. The summed E-state index contributed by atoms with van der Waals surface area (Å²) in [6.07, 6.45) is 7.54. The molecule has 1 heterocycles. The summed E-state index contributed by atoms with van der Waals surface area (Å²) in [5.74, 6) is 0.458. The second-order valence-corrected chi connectivity index (χ2v) is 5.55. The zero-order valence-electron chi connectivity index (χ0n) is 11.9. The van der Waals surface area contributed by atoms with Gasteiger partial charge in [0.1, 0.15) is 0 Å². The summed E-state index contributed by atoms with van der Waals surface area (Å²) in [6.45, 7) is 0.905. The molecule has 0 aromatic carbocycles. The van der Waals surface area contributed by atoms with Crippen molar-refractivity contribution in [2.75, 3.05) is 31.6 Å². The predicted octanol–water partition coefficient (Wildman–Crippen LogP) is 0.582. The monoisotopic (exact) mass is 278 g/mol. The largest absolute Gasteiger partial charge is 0.396 e. The van der Waals surface area contributed by atoms with Crippen LogP contribution in [0.1, 0.15) is 25.7 Å². The van der Waals surface area contributed by atoms with Crippen molar-refractivity contribution in [3.63, 3.8) is 0 Å². The Labute approximate surface area is 119 Å². The maximum absolute atomic E-state index is 12.0. The summed E-state index contributed by atoms with van der Waals surface area (Å²) >= 11 is 0. The minimum Gasteiger partial charge on any atom is -0.396 e. The average molecular weight is 278 g/mol. The Morgan fingerprint density at radius 2 is 2.05 bits per heavy atom. The number of rotatable bonds is 6. The molecule has 20 heavy (non-hydrogen) atoms. The summed E-state index contributed by atoms with van der Waals surface area (Å²) in [6, 6.07) is 1.74. The Morgan fingerprint density at radius 3 is 2.65 bits per heavy atom. The van der Waals surface area contributed by atoms with Crippen LogP contribution in [-0.4, -0.2) is 47.7 Å². The molecule has 0 saturated heterocycles. The van der Waals surface area contributed by atoms with Gasteiger partial charge >= 0.3 is 0 Å². The van der Waals surface area contributed by atoms with Crippen molar-refractivity contribution in [1.82, 2.24) is 15.3 Å². The van der Waals surface area contributed by atoms with Gasteiger partial charge in [0.05, 0.1) is 13.2 Å². The van der Waals surface area contributed by atoms with E-state index in [1.165, 1.54) is 0 Å². The van der Waals surface area contributed by atoms with Crippen molar-refractivity contribution in [3.05, 3.63) is 18.5 Å². The van der Waals surface area contributed by atoms with Crippen LogP contribution in [0.4, 0.5) is 5.95 Å². The van der Waals surface area contributed by atoms with Crippen molar-refractivity contribution in [2.45, 2.75) is 25.7 Å². The second-order valence-electron chi connectivity index (χ2n) is 5.55. The molecule has 2 N–H and O–H groups in total. The molecule has 0 unspecified atom stereocenters. The van der Waals surface area contributed by atoms with Gasteiger partial charge in [0.2, 0.25) is 11.9 Å². The molecule has 0 radical (unpaired) electrons. The number of nitrogens with zero attached hydrogens (tertiary/aromatic N) is 3. The number of anilines is 1. The van der Waals surface area contributed by atoms with Crippen LogP contribution in [0.2, 0.25) is 0 Å². The van der Waals surface area contributed by atoms with E-state index in [2.05, 4.69) is 15.3 Å². The van der Waals surface area contributed by atoms with Gasteiger partial charge in [-0.05, 0) is 18.9 Å². The molecule has 6 nitrogen and oxygen atoms in total. The lowest BCUT2D eigenvalue weighted by molar-refractivity contribution is -0.120. The molecular weight excluding hydrogens is 256 g/mol. The molecule has 1 aliphatic rings.